The van der Waals surface area contributed by atoms with Gasteiger partial charge in [-0.3, -0.25) is 9.48 Å². The molecule has 1 aromatic heterocycles. The number of aliphatic hydroxyl groups is 1. The third-order valence-electron chi connectivity index (χ3n) is 4.45. The van der Waals surface area contributed by atoms with Crippen LogP contribution in [0.2, 0.25) is 0 Å². The number of benzene rings is 1. The zero-order chi connectivity index (χ0) is 17.8. The molecule has 0 spiro atoms. The summed E-state index contributed by atoms with van der Waals surface area (Å²) in [6, 6.07) is 5.61. The van der Waals surface area contributed by atoms with Crippen LogP contribution in [0, 0.1) is 5.92 Å². The first kappa shape index (κ1) is 16.7. The first-order valence-electron chi connectivity index (χ1n) is 8.32. The second kappa shape index (κ2) is 5.45. The Labute approximate surface area is 142 Å². The van der Waals surface area contributed by atoms with Gasteiger partial charge < -0.3 is 10.4 Å². The SMILES string of the molecule is CC(C)C(O)Nc1ccc2c(c1)C(=O)c1c-2nn(C)c1C(C)(C)C. The Bertz CT molecular complexity index is 813. The number of hydrogen-bond acceptors (Lipinski definition) is 4. The smallest absolute Gasteiger partial charge is 0.197 e. The van der Waals surface area contributed by atoms with Crippen molar-refractivity contribution in [2.45, 2.75) is 46.3 Å². The molecule has 1 atom stereocenters. The molecule has 2 N–H and O–H groups in total. The fourth-order valence-corrected chi connectivity index (χ4v) is 3.29. The van der Waals surface area contributed by atoms with Crippen LogP contribution in [0.5, 0.6) is 0 Å². The second-order valence-corrected chi connectivity index (χ2v) is 7.87. The minimum Gasteiger partial charge on any atom is -0.374 e. The molecule has 0 saturated heterocycles. The minimum atomic E-state index is -0.646. The van der Waals surface area contributed by atoms with Gasteiger partial charge in [0.1, 0.15) is 11.9 Å². The van der Waals surface area contributed by atoms with Crippen molar-refractivity contribution in [3.8, 4) is 11.3 Å². The van der Waals surface area contributed by atoms with Crippen molar-refractivity contribution >= 4 is 11.5 Å². The Morgan fingerprint density at radius 2 is 1.88 bits per heavy atom. The zero-order valence-electron chi connectivity index (χ0n) is 15.1. The Balaban J connectivity index is 2.06. The van der Waals surface area contributed by atoms with Crippen molar-refractivity contribution in [1.29, 1.82) is 0 Å². The maximum atomic E-state index is 13.0. The molecule has 0 amide bonds. The van der Waals surface area contributed by atoms with E-state index in [-0.39, 0.29) is 17.1 Å². The van der Waals surface area contributed by atoms with Gasteiger partial charge in [0.25, 0.3) is 0 Å². The predicted molar refractivity (Wildman–Crippen MR) is 95.2 cm³/mol. The van der Waals surface area contributed by atoms with E-state index in [1.54, 1.807) is 0 Å². The molecular formula is C19H25N3O2. The first-order valence-corrected chi connectivity index (χ1v) is 8.32. The van der Waals surface area contributed by atoms with E-state index in [4.69, 9.17) is 0 Å². The van der Waals surface area contributed by atoms with Crippen LogP contribution in [0.15, 0.2) is 18.2 Å². The number of carbonyl (C=O) groups excluding carboxylic acids is 1. The maximum Gasteiger partial charge on any atom is 0.197 e. The van der Waals surface area contributed by atoms with Crippen LogP contribution in [0.4, 0.5) is 5.69 Å². The quantitative estimate of drug-likeness (QED) is 0.724. The summed E-state index contributed by atoms with van der Waals surface area (Å²) in [5.74, 6) is 0.0993. The summed E-state index contributed by atoms with van der Waals surface area (Å²) in [5.41, 5.74) is 4.53. The van der Waals surface area contributed by atoms with Gasteiger partial charge in [0.15, 0.2) is 5.78 Å². The van der Waals surface area contributed by atoms with E-state index < -0.39 is 6.23 Å². The monoisotopic (exact) mass is 327 g/mol. The van der Waals surface area contributed by atoms with Crippen molar-refractivity contribution in [3.63, 3.8) is 0 Å². The fraction of sp³-hybridized carbons (Fsp3) is 0.474. The molecule has 2 aromatic rings. The normalized spacial score (nSPS) is 14.8. The van der Waals surface area contributed by atoms with Crippen LogP contribution in [0.3, 0.4) is 0 Å². The highest BCUT2D eigenvalue weighted by Gasteiger charge is 2.37. The maximum absolute atomic E-state index is 13.0. The van der Waals surface area contributed by atoms with Crippen LogP contribution in [-0.4, -0.2) is 26.9 Å². The van der Waals surface area contributed by atoms with E-state index in [1.807, 2.05) is 43.8 Å². The number of carbonyl (C=O) groups is 1. The summed E-state index contributed by atoms with van der Waals surface area (Å²) < 4.78 is 1.82. The number of aromatic nitrogens is 2. The number of aryl methyl sites for hydroxylation is 1. The molecule has 0 bridgehead atoms. The predicted octanol–water partition coefficient (Wildman–Crippen LogP) is 3.32. The highest BCUT2D eigenvalue weighted by Crippen LogP contribution is 2.42. The molecule has 1 aliphatic rings. The third kappa shape index (κ3) is 2.53. The number of nitrogens with one attached hydrogen (secondary N) is 1. The number of rotatable bonds is 3. The summed E-state index contributed by atoms with van der Waals surface area (Å²) in [5, 5.41) is 17.6. The third-order valence-corrected chi connectivity index (χ3v) is 4.45. The minimum absolute atomic E-state index is 0.0145. The number of ketones is 1. The van der Waals surface area contributed by atoms with Crippen molar-refractivity contribution in [2.24, 2.45) is 13.0 Å². The highest BCUT2D eigenvalue weighted by molar-refractivity contribution is 6.22. The van der Waals surface area contributed by atoms with Crippen LogP contribution in [0.25, 0.3) is 11.3 Å². The Morgan fingerprint density at radius 1 is 1.21 bits per heavy atom. The average molecular weight is 327 g/mol. The van der Waals surface area contributed by atoms with Crippen molar-refractivity contribution in [3.05, 3.63) is 35.0 Å². The highest BCUT2D eigenvalue weighted by atomic mass is 16.3. The summed E-state index contributed by atoms with van der Waals surface area (Å²) in [6.45, 7) is 10.1. The van der Waals surface area contributed by atoms with Gasteiger partial charge in [0, 0.05) is 29.3 Å². The van der Waals surface area contributed by atoms with E-state index >= 15 is 0 Å². The number of fused-ring (bicyclic) bond motifs is 3. The molecule has 0 aliphatic heterocycles. The van der Waals surface area contributed by atoms with E-state index in [1.165, 1.54) is 0 Å². The summed E-state index contributed by atoms with van der Waals surface area (Å²) in [6.07, 6.45) is -0.646. The molecule has 3 rings (SSSR count). The van der Waals surface area contributed by atoms with Gasteiger partial charge in [-0.1, -0.05) is 34.6 Å². The number of hydrogen-bond donors (Lipinski definition) is 2. The van der Waals surface area contributed by atoms with Crippen molar-refractivity contribution in [2.75, 3.05) is 5.32 Å². The van der Waals surface area contributed by atoms with Gasteiger partial charge in [-0.2, -0.15) is 5.10 Å². The van der Waals surface area contributed by atoms with Gasteiger partial charge in [0.05, 0.1) is 11.3 Å². The zero-order valence-corrected chi connectivity index (χ0v) is 15.1. The molecule has 1 heterocycles. The molecule has 0 saturated carbocycles. The molecule has 0 fully saturated rings. The summed E-state index contributed by atoms with van der Waals surface area (Å²) in [4.78, 5) is 13.0. The Hall–Kier alpha value is -2.14. The summed E-state index contributed by atoms with van der Waals surface area (Å²) >= 11 is 0. The first-order chi connectivity index (χ1) is 11.1. The lowest BCUT2D eigenvalue weighted by Gasteiger charge is -2.20. The standard InChI is InChI=1S/C19H25N3O2/c1-10(2)18(24)20-11-7-8-12-13(9-11)16(23)14-15(12)21-22(6)17(14)19(3,4)5/h7-10,18,20,24H,1-6H3. The van der Waals surface area contributed by atoms with Crippen LogP contribution < -0.4 is 5.32 Å². The van der Waals surface area contributed by atoms with Crippen molar-refractivity contribution < 1.29 is 9.90 Å². The Morgan fingerprint density at radius 3 is 2.46 bits per heavy atom. The molecule has 1 aromatic carbocycles. The molecular weight excluding hydrogens is 302 g/mol. The number of nitrogens with zero attached hydrogens (tertiary/aromatic N) is 2. The largest absolute Gasteiger partial charge is 0.374 e. The van der Waals surface area contributed by atoms with Gasteiger partial charge in [-0.15, -0.1) is 0 Å². The molecule has 5 heteroatoms. The van der Waals surface area contributed by atoms with Gasteiger partial charge in [0.2, 0.25) is 0 Å². The lowest BCUT2D eigenvalue weighted by atomic mass is 9.88. The molecule has 1 unspecified atom stereocenters. The van der Waals surface area contributed by atoms with E-state index in [0.29, 0.717) is 11.1 Å². The van der Waals surface area contributed by atoms with Crippen LogP contribution in [-0.2, 0) is 12.5 Å². The van der Waals surface area contributed by atoms with Crippen molar-refractivity contribution in [1.82, 2.24) is 9.78 Å². The lowest BCUT2D eigenvalue weighted by molar-refractivity contribution is 0.104. The molecule has 0 radical (unpaired) electrons. The molecule has 24 heavy (non-hydrogen) atoms. The van der Waals surface area contributed by atoms with E-state index in [9.17, 15) is 9.90 Å². The van der Waals surface area contributed by atoms with Crippen LogP contribution >= 0.6 is 0 Å². The molecule has 5 nitrogen and oxygen atoms in total. The topological polar surface area (TPSA) is 67.2 Å². The lowest BCUT2D eigenvalue weighted by Crippen LogP contribution is -2.24. The van der Waals surface area contributed by atoms with Gasteiger partial charge in [-0.05, 0) is 24.1 Å². The molecule has 1 aliphatic carbocycles. The number of anilines is 1. The number of aliphatic hydroxyl groups excluding tert-OH is 1. The fourth-order valence-electron chi connectivity index (χ4n) is 3.29. The second-order valence-electron chi connectivity index (χ2n) is 7.87. The summed E-state index contributed by atoms with van der Waals surface area (Å²) in [7, 11) is 1.89. The van der Waals surface area contributed by atoms with Gasteiger partial charge >= 0.3 is 0 Å². The van der Waals surface area contributed by atoms with Crippen LogP contribution in [0.1, 0.15) is 56.2 Å². The van der Waals surface area contributed by atoms with E-state index in [0.717, 1.165) is 22.6 Å². The van der Waals surface area contributed by atoms with Gasteiger partial charge in [-0.25, -0.2) is 0 Å². The molecule has 128 valence electrons. The Kier molecular flexibility index (Phi) is 3.79. The van der Waals surface area contributed by atoms with E-state index in [2.05, 4.69) is 31.2 Å². The average Bonchev–Trinajstić information content (AvgIpc) is 2.94.